The third-order valence-corrected chi connectivity index (χ3v) is 1.71. The Hall–Kier alpha value is -2.04. The zero-order valence-electron chi connectivity index (χ0n) is 9.76. The summed E-state index contributed by atoms with van der Waals surface area (Å²) in [5, 5.41) is 0. The Bertz CT molecular complexity index is 366. The molecule has 0 saturated carbocycles. The lowest BCUT2D eigenvalue weighted by atomic mass is 10.2. The number of carbonyl (C=O) groups excluding carboxylic acids is 4. The van der Waals surface area contributed by atoms with Crippen molar-refractivity contribution >= 4 is 24.1 Å². The lowest BCUT2D eigenvalue weighted by molar-refractivity contribution is -0.122. The highest BCUT2D eigenvalue weighted by Gasteiger charge is 1.96. The van der Waals surface area contributed by atoms with Gasteiger partial charge in [-0.05, 0) is 26.0 Å². The first-order valence-electron chi connectivity index (χ1n) is 4.98. The van der Waals surface area contributed by atoms with Crippen LogP contribution in [0.3, 0.4) is 0 Å². The van der Waals surface area contributed by atoms with Crippen LogP contribution in [0.25, 0.3) is 0 Å². The molecule has 1 aromatic heterocycles. The summed E-state index contributed by atoms with van der Waals surface area (Å²) < 4.78 is 4.65. The van der Waals surface area contributed by atoms with E-state index in [4.69, 9.17) is 0 Å². The number of ketones is 2. The Morgan fingerprint density at radius 1 is 1.00 bits per heavy atom. The molecular formula is C12H14O5. The van der Waals surface area contributed by atoms with Crippen molar-refractivity contribution in [3.8, 4) is 0 Å². The molecule has 0 aliphatic rings. The molecule has 17 heavy (non-hydrogen) atoms. The van der Waals surface area contributed by atoms with Crippen LogP contribution in [-0.2, 0) is 9.59 Å². The largest absolute Gasteiger partial charge is 0.450 e. The van der Waals surface area contributed by atoms with Crippen LogP contribution < -0.4 is 0 Å². The van der Waals surface area contributed by atoms with E-state index >= 15 is 0 Å². The number of aldehydes is 2. The second-order valence-corrected chi connectivity index (χ2v) is 3.38. The Morgan fingerprint density at radius 3 is 1.53 bits per heavy atom. The molecule has 0 aliphatic heterocycles. The molecular weight excluding hydrogens is 224 g/mol. The fourth-order valence-electron chi connectivity index (χ4n) is 0.847. The SMILES string of the molecule is CC(=O)CCC(C)=O.O=Cc1ccc(C=O)o1. The summed E-state index contributed by atoms with van der Waals surface area (Å²) in [6.45, 7) is 2.98. The van der Waals surface area contributed by atoms with E-state index < -0.39 is 0 Å². The molecule has 0 radical (unpaired) electrons. The van der Waals surface area contributed by atoms with Gasteiger partial charge in [0, 0.05) is 12.8 Å². The molecule has 1 aromatic rings. The minimum absolute atomic E-state index is 0.0835. The molecule has 0 N–H and O–H groups in total. The minimum Gasteiger partial charge on any atom is -0.450 e. The van der Waals surface area contributed by atoms with Crippen LogP contribution in [0.15, 0.2) is 16.5 Å². The number of hydrogen-bond donors (Lipinski definition) is 0. The van der Waals surface area contributed by atoms with Crippen molar-refractivity contribution in [2.24, 2.45) is 0 Å². The Morgan fingerprint density at radius 2 is 1.35 bits per heavy atom. The molecule has 1 heterocycles. The maximum absolute atomic E-state index is 10.2. The maximum Gasteiger partial charge on any atom is 0.185 e. The second-order valence-electron chi connectivity index (χ2n) is 3.38. The summed E-state index contributed by atoms with van der Waals surface area (Å²) in [4.78, 5) is 40.2. The van der Waals surface area contributed by atoms with Gasteiger partial charge in [-0.25, -0.2) is 0 Å². The highest BCUT2D eigenvalue weighted by atomic mass is 16.4. The molecule has 5 nitrogen and oxygen atoms in total. The van der Waals surface area contributed by atoms with E-state index in [1.807, 2.05) is 0 Å². The highest BCUT2D eigenvalue weighted by Crippen LogP contribution is 2.01. The van der Waals surface area contributed by atoms with Crippen molar-refractivity contribution in [3.63, 3.8) is 0 Å². The zero-order valence-corrected chi connectivity index (χ0v) is 9.76. The summed E-state index contributed by atoms with van der Waals surface area (Å²) >= 11 is 0. The predicted octanol–water partition coefficient (Wildman–Crippen LogP) is 1.85. The monoisotopic (exact) mass is 238 g/mol. The normalized spacial score (nSPS) is 8.82. The van der Waals surface area contributed by atoms with Gasteiger partial charge in [0.2, 0.25) is 0 Å². The Balaban J connectivity index is 0.000000304. The van der Waals surface area contributed by atoms with Gasteiger partial charge in [-0.3, -0.25) is 9.59 Å². The van der Waals surface area contributed by atoms with Crippen LogP contribution in [0, 0.1) is 0 Å². The fraction of sp³-hybridized carbons (Fsp3) is 0.333. The van der Waals surface area contributed by atoms with E-state index in [2.05, 4.69) is 4.42 Å². The van der Waals surface area contributed by atoms with E-state index in [9.17, 15) is 19.2 Å². The van der Waals surface area contributed by atoms with E-state index in [1.165, 1.54) is 26.0 Å². The average Bonchev–Trinajstić information content (AvgIpc) is 2.75. The standard InChI is InChI=1S/C6H4O3.C6H10O2/c7-3-5-1-2-6(4-8)9-5;1-5(7)3-4-6(2)8/h1-4H;3-4H2,1-2H3. The van der Waals surface area contributed by atoms with Crippen LogP contribution in [0.1, 0.15) is 47.8 Å². The molecule has 0 atom stereocenters. The number of rotatable bonds is 5. The first-order valence-corrected chi connectivity index (χ1v) is 4.98. The molecule has 0 bridgehead atoms. The summed E-state index contributed by atoms with van der Waals surface area (Å²) in [5.74, 6) is 0.523. The molecule has 0 spiro atoms. The zero-order chi connectivity index (χ0) is 13.3. The van der Waals surface area contributed by atoms with Crippen LogP contribution in [-0.4, -0.2) is 24.1 Å². The number of Topliss-reactive ketones (excluding diaryl/α,β-unsaturated/α-hetero) is 2. The van der Waals surface area contributed by atoms with Gasteiger partial charge in [0.1, 0.15) is 11.6 Å². The summed E-state index contributed by atoms with van der Waals surface area (Å²) in [7, 11) is 0. The Kier molecular flexibility index (Phi) is 7.17. The molecule has 0 unspecified atom stereocenters. The van der Waals surface area contributed by atoms with Gasteiger partial charge in [-0.2, -0.15) is 0 Å². The van der Waals surface area contributed by atoms with Gasteiger partial charge >= 0.3 is 0 Å². The van der Waals surface area contributed by atoms with Crippen molar-refractivity contribution in [1.82, 2.24) is 0 Å². The first-order chi connectivity index (χ1) is 7.99. The summed E-state index contributed by atoms with van der Waals surface area (Å²) in [6, 6.07) is 2.88. The van der Waals surface area contributed by atoms with Crippen LogP contribution in [0.4, 0.5) is 0 Å². The topological polar surface area (TPSA) is 81.4 Å². The van der Waals surface area contributed by atoms with Crippen molar-refractivity contribution < 1.29 is 23.6 Å². The lowest BCUT2D eigenvalue weighted by Gasteiger charge is -1.86. The molecule has 5 heteroatoms. The van der Waals surface area contributed by atoms with Gasteiger partial charge in [0.25, 0.3) is 0 Å². The quantitative estimate of drug-likeness (QED) is 0.731. The summed E-state index contributed by atoms with van der Waals surface area (Å²) in [6.07, 6.45) is 1.89. The number of carbonyl (C=O) groups is 4. The van der Waals surface area contributed by atoms with Gasteiger partial charge in [0.15, 0.2) is 24.1 Å². The molecule has 92 valence electrons. The van der Waals surface area contributed by atoms with Gasteiger partial charge < -0.3 is 14.0 Å². The Labute approximate surface area is 98.8 Å². The van der Waals surface area contributed by atoms with E-state index in [0.717, 1.165) is 0 Å². The summed E-state index contributed by atoms with van der Waals surface area (Å²) in [5.41, 5.74) is 0. The third-order valence-electron chi connectivity index (χ3n) is 1.71. The smallest absolute Gasteiger partial charge is 0.185 e. The predicted molar refractivity (Wildman–Crippen MR) is 60.1 cm³/mol. The van der Waals surface area contributed by atoms with Crippen molar-refractivity contribution in [2.45, 2.75) is 26.7 Å². The van der Waals surface area contributed by atoms with Crippen molar-refractivity contribution in [2.75, 3.05) is 0 Å². The van der Waals surface area contributed by atoms with E-state index in [1.54, 1.807) is 0 Å². The van der Waals surface area contributed by atoms with Gasteiger partial charge in [-0.15, -0.1) is 0 Å². The molecule has 0 amide bonds. The first kappa shape index (κ1) is 15.0. The van der Waals surface area contributed by atoms with Gasteiger partial charge in [0.05, 0.1) is 0 Å². The van der Waals surface area contributed by atoms with Gasteiger partial charge in [-0.1, -0.05) is 0 Å². The minimum atomic E-state index is 0.0835. The van der Waals surface area contributed by atoms with E-state index in [-0.39, 0.29) is 23.1 Å². The lowest BCUT2D eigenvalue weighted by Crippen LogP contribution is -1.95. The molecule has 0 fully saturated rings. The third kappa shape index (κ3) is 7.84. The van der Waals surface area contributed by atoms with Crippen molar-refractivity contribution in [1.29, 1.82) is 0 Å². The maximum atomic E-state index is 10.2. The van der Waals surface area contributed by atoms with Crippen molar-refractivity contribution in [3.05, 3.63) is 23.7 Å². The highest BCUT2D eigenvalue weighted by molar-refractivity contribution is 5.83. The number of hydrogen-bond acceptors (Lipinski definition) is 5. The molecule has 0 aromatic carbocycles. The van der Waals surface area contributed by atoms with E-state index in [0.29, 0.717) is 25.4 Å². The van der Waals surface area contributed by atoms with Crippen LogP contribution in [0.2, 0.25) is 0 Å². The van der Waals surface area contributed by atoms with Crippen LogP contribution in [0.5, 0.6) is 0 Å². The molecule has 1 rings (SSSR count). The average molecular weight is 238 g/mol. The van der Waals surface area contributed by atoms with Crippen LogP contribution >= 0.6 is 0 Å². The second kappa shape index (κ2) is 8.15. The molecule has 0 saturated heterocycles. The fourth-order valence-corrected chi connectivity index (χ4v) is 0.847. The molecule has 0 aliphatic carbocycles. The number of furan rings is 1.